The standard InChI is InChI=1S/C25H26N2O5S/c1-29-21-15-18(16-22(30-2)23(21)31-3)24(28)27-25(33)26-19-9-11-20(12-10-19)32-14-13-17-7-5-4-6-8-17/h4-12,15-16H,13-14H2,1-3H3,(H2,26,27,28,33). The maximum Gasteiger partial charge on any atom is 0.257 e. The molecule has 0 aliphatic rings. The third-order valence-electron chi connectivity index (χ3n) is 4.77. The number of carbonyl (C=O) groups excluding carboxylic acids is 1. The molecule has 0 atom stereocenters. The van der Waals surface area contributed by atoms with E-state index in [1.54, 1.807) is 12.1 Å². The number of ether oxygens (including phenoxy) is 4. The van der Waals surface area contributed by atoms with Crippen LogP contribution in [0.15, 0.2) is 66.7 Å². The molecular weight excluding hydrogens is 440 g/mol. The molecule has 3 aromatic carbocycles. The summed E-state index contributed by atoms with van der Waals surface area (Å²) in [5, 5.41) is 5.80. The second-order valence-corrected chi connectivity index (χ2v) is 7.34. The maximum atomic E-state index is 12.7. The fraction of sp³-hybridized carbons (Fsp3) is 0.200. The van der Waals surface area contributed by atoms with Crippen molar-refractivity contribution < 1.29 is 23.7 Å². The van der Waals surface area contributed by atoms with Crippen LogP contribution in [0.3, 0.4) is 0 Å². The van der Waals surface area contributed by atoms with E-state index in [4.69, 9.17) is 31.2 Å². The first kappa shape index (κ1) is 23.9. The lowest BCUT2D eigenvalue weighted by atomic mass is 10.1. The first-order valence-electron chi connectivity index (χ1n) is 10.2. The van der Waals surface area contributed by atoms with E-state index in [9.17, 15) is 4.79 Å². The van der Waals surface area contributed by atoms with Crippen LogP contribution in [0.5, 0.6) is 23.0 Å². The fourth-order valence-corrected chi connectivity index (χ4v) is 3.33. The van der Waals surface area contributed by atoms with Crippen molar-refractivity contribution in [2.24, 2.45) is 0 Å². The van der Waals surface area contributed by atoms with Gasteiger partial charge in [-0.2, -0.15) is 0 Å². The third-order valence-corrected chi connectivity index (χ3v) is 4.97. The van der Waals surface area contributed by atoms with Gasteiger partial charge in [0, 0.05) is 17.7 Å². The predicted molar refractivity (Wildman–Crippen MR) is 132 cm³/mol. The molecule has 0 aliphatic heterocycles. The zero-order valence-electron chi connectivity index (χ0n) is 18.7. The van der Waals surface area contributed by atoms with Gasteiger partial charge >= 0.3 is 0 Å². The molecule has 0 saturated heterocycles. The lowest BCUT2D eigenvalue weighted by Crippen LogP contribution is -2.34. The van der Waals surface area contributed by atoms with Crippen LogP contribution in [0.1, 0.15) is 15.9 Å². The zero-order chi connectivity index (χ0) is 23.6. The lowest BCUT2D eigenvalue weighted by molar-refractivity contribution is 0.0977. The number of amides is 1. The van der Waals surface area contributed by atoms with Crippen molar-refractivity contribution >= 4 is 28.9 Å². The van der Waals surface area contributed by atoms with Gasteiger partial charge in [-0.15, -0.1) is 0 Å². The number of thiocarbonyl (C=S) groups is 1. The van der Waals surface area contributed by atoms with E-state index < -0.39 is 5.91 Å². The molecule has 0 saturated carbocycles. The van der Waals surface area contributed by atoms with E-state index in [0.29, 0.717) is 29.4 Å². The highest BCUT2D eigenvalue weighted by molar-refractivity contribution is 7.80. The summed E-state index contributed by atoms with van der Waals surface area (Å²) in [6.45, 7) is 0.583. The summed E-state index contributed by atoms with van der Waals surface area (Å²) in [5.74, 6) is 1.51. The van der Waals surface area contributed by atoms with Crippen LogP contribution in [-0.2, 0) is 6.42 Å². The maximum absolute atomic E-state index is 12.7. The normalized spacial score (nSPS) is 10.2. The number of methoxy groups -OCH3 is 3. The Labute approximate surface area is 198 Å². The topological polar surface area (TPSA) is 78.1 Å². The Morgan fingerprint density at radius 3 is 2.09 bits per heavy atom. The van der Waals surface area contributed by atoms with Gasteiger partial charge in [-0.1, -0.05) is 30.3 Å². The summed E-state index contributed by atoms with van der Waals surface area (Å²) >= 11 is 5.28. The zero-order valence-corrected chi connectivity index (χ0v) is 19.5. The first-order chi connectivity index (χ1) is 16.0. The van der Waals surface area contributed by atoms with Gasteiger partial charge in [0.2, 0.25) is 5.75 Å². The SMILES string of the molecule is COc1cc(C(=O)NC(=S)Nc2ccc(OCCc3ccccc3)cc2)cc(OC)c1OC. The molecule has 172 valence electrons. The number of hydrogen-bond acceptors (Lipinski definition) is 6. The second kappa shape index (κ2) is 11.7. The van der Waals surface area contributed by atoms with Crippen molar-refractivity contribution in [1.82, 2.24) is 5.32 Å². The number of hydrogen-bond donors (Lipinski definition) is 2. The van der Waals surface area contributed by atoms with E-state index >= 15 is 0 Å². The van der Waals surface area contributed by atoms with Gasteiger partial charge in [-0.05, 0) is 54.2 Å². The van der Waals surface area contributed by atoms with E-state index in [-0.39, 0.29) is 5.11 Å². The number of carbonyl (C=O) groups is 1. The van der Waals surface area contributed by atoms with Crippen LogP contribution < -0.4 is 29.6 Å². The third kappa shape index (κ3) is 6.60. The molecule has 3 aromatic rings. The highest BCUT2D eigenvalue weighted by Gasteiger charge is 2.17. The molecule has 0 bridgehead atoms. The van der Waals surface area contributed by atoms with E-state index in [1.165, 1.54) is 26.9 Å². The van der Waals surface area contributed by atoms with Crippen molar-refractivity contribution in [3.05, 3.63) is 77.9 Å². The summed E-state index contributed by atoms with van der Waals surface area (Å²) in [4.78, 5) is 12.7. The van der Waals surface area contributed by atoms with Crippen molar-refractivity contribution in [1.29, 1.82) is 0 Å². The average molecular weight is 467 g/mol. The molecule has 0 fully saturated rings. The van der Waals surface area contributed by atoms with E-state index in [1.807, 2.05) is 42.5 Å². The minimum Gasteiger partial charge on any atom is -0.493 e. The summed E-state index contributed by atoms with van der Waals surface area (Å²) < 4.78 is 21.6. The monoisotopic (exact) mass is 466 g/mol. The van der Waals surface area contributed by atoms with Crippen LogP contribution >= 0.6 is 12.2 Å². The quantitative estimate of drug-likeness (QED) is 0.451. The molecule has 3 rings (SSSR count). The summed E-state index contributed by atoms with van der Waals surface area (Å²) in [5.41, 5.74) is 2.26. The molecule has 33 heavy (non-hydrogen) atoms. The predicted octanol–water partition coefficient (Wildman–Crippen LogP) is 4.46. The molecule has 0 aliphatic carbocycles. The Hall–Kier alpha value is -3.78. The van der Waals surface area contributed by atoms with Crippen molar-refractivity contribution in [3.8, 4) is 23.0 Å². The summed E-state index contributed by atoms with van der Waals surface area (Å²) in [7, 11) is 4.47. The second-order valence-electron chi connectivity index (χ2n) is 6.93. The number of rotatable bonds is 9. The molecule has 0 spiro atoms. The Morgan fingerprint density at radius 1 is 0.879 bits per heavy atom. The van der Waals surface area contributed by atoms with Gasteiger partial charge in [-0.3, -0.25) is 10.1 Å². The molecule has 1 amide bonds. The summed E-state index contributed by atoms with van der Waals surface area (Å²) in [6, 6.07) is 20.6. The molecule has 7 nitrogen and oxygen atoms in total. The minimum atomic E-state index is -0.410. The van der Waals surface area contributed by atoms with Crippen LogP contribution in [0, 0.1) is 0 Å². The summed E-state index contributed by atoms with van der Waals surface area (Å²) in [6.07, 6.45) is 0.831. The molecule has 0 unspecified atom stereocenters. The Kier molecular flexibility index (Phi) is 8.49. The smallest absolute Gasteiger partial charge is 0.257 e. The van der Waals surface area contributed by atoms with Crippen LogP contribution in [0.2, 0.25) is 0 Å². The molecule has 0 radical (unpaired) electrons. The molecule has 2 N–H and O–H groups in total. The van der Waals surface area contributed by atoms with Gasteiger partial charge in [0.1, 0.15) is 5.75 Å². The molecular formula is C25H26N2O5S. The van der Waals surface area contributed by atoms with Gasteiger partial charge in [0.05, 0.1) is 27.9 Å². The van der Waals surface area contributed by atoms with Crippen LogP contribution in [0.4, 0.5) is 5.69 Å². The average Bonchev–Trinajstić information content (AvgIpc) is 2.84. The first-order valence-corrected chi connectivity index (χ1v) is 10.6. The molecule has 0 heterocycles. The number of benzene rings is 3. The van der Waals surface area contributed by atoms with Gasteiger partial charge in [0.15, 0.2) is 16.6 Å². The Morgan fingerprint density at radius 2 is 1.52 bits per heavy atom. The number of anilines is 1. The Bertz CT molecular complexity index is 1060. The number of nitrogens with one attached hydrogen (secondary N) is 2. The lowest BCUT2D eigenvalue weighted by Gasteiger charge is -2.15. The fourth-order valence-electron chi connectivity index (χ4n) is 3.12. The van der Waals surface area contributed by atoms with Crippen LogP contribution in [-0.4, -0.2) is 39.0 Å². The van der Waals surface area contributed by atoms with E-state index in [0.717, 1.165) is 17.9 Å². The Balaban J connectivity index is 1.54. The highest BCUT2D eigenvalue weighted by atomic mass is 32.1. The molecule has 0 aromatic heterocycles. The minimum absolute atomic E-state index is 0.159. The van der Waals surface area contributed by atoms with Crippen LogP contribution in [0.25, 0.3) is 0 Å². The van der Waals surface area contributed by atoms with E-state index in [2.05, 4.69) is 22.8 Å². The highest BCUT2D eigenvalue weighted by Crippen LogP contribution is 2.38. The van der Waals surface area contributed by atoms with Crippen molar-refractivity contribution in [2.45, 2.75) is 6.42 Å². The molecule has 8 heteroatoms. The van der Waals surface area contributed by atoms with Gasteiger partial charge in [0.25, 0.3) is 5.91 Å². The van der Waals surface area contributed by atoms with Gasteiger partial charge < -0.3 is 24.3 Å². The largest absolute Gasteiger partial charge is 0.493 e. The van der Waals surface area contributed by atoms with Crippen molar-refractivity contribution in [3.63, 3.8) is 0 Å². The van der Waals surface area contributed by atoms with Gasteiger partial charge in [-0.25, -0.2) is 0 Å². The van der Waals surface area contributed by atoms with Crippen molar-refractivity contribution in [2.75, 3.05) is 33.3 Å².